The maximum absolute atomic E-state index is 5.33. The molecule has 78 valence electrons. The number of hydrogen-bond donors (Lipinski definition) is 0. The third-order valence-corrected chi connectivity index (χ3v) is 2.31. The van der Waals surface area contributed by atoms with E-state index in [1.165, 1.54) is 5.56 Å². The molecule has 0 aliphatic heterocycles. The Morgan fingerprint density at radius 2 is 1.93 bits per heavy atom. The van der Waals surface area contributed by atoms with Crippen LogP contribution in [0.2, 0.25) is 0 Å². The third kappa shape index (κ3) is 2.74. The number of para-hydroxylation sites is 1. The molecule has 1 aromatic rings. The molecule has 1 unspecified atom stereocenters. The zero-order chi connectivity index (χ0) is 10.6. The van der Waals surface area contributed by atoms with Crippen molar-refractivity contribution in [2.45, 2.75) is 12.8 Å². The topological polar surface area (TPSA) is 12.5 Å². The molecule has 14 heavy (non-hydrogen) atoms. The molecule has 0 heterocycles. The van der Waals surface area contributed by atoms with Crippen molar-refractivity contribution in [3.8, 4) is 5.75 Å². The Balaban J connectivity index is 2.82. The highest BCUT2D eigenvalue weighted by atomic mass is 16.5. The summed E-state index contributed by atoms with van der Waals surface area (Å²) in [6.07, 6.45) is 0. The lowest BCUT2D eigenvalue weighted by Gasteiger charge is -2.19. The van der Waals surface area contributed by atoms with Crippen LogP contribution < -0.4 is 4.74 Å². The van der Waals surface area contributed by atoms with Crippen molar-refractivity contribution in [3.63, 3.8) is 0 Å². The van der Waals surface area contributed by atoms with Gasteiger partial charge in [-0.2, -0.15) is 0 Å². The van der Waals surface area contributed by atoms with Gasteiger partial charge in [-0.15, -0.1) is 0 Å². The Morgan fingerprint density at radius 1 is 1.29 bits per heavy atom. The Bertz CT molecular complexity index is 283. The summed E-state index contributed by atoms with van der Waals surface area (Å²) >= 11 is 0. The van der Waals surface area contributed by atoms with Crippen LogP contribution in [0.1, 0.15) is 18.4 Å². The van der Waals surface area contributed by atoms with Gasteiger partial charge in [0.1, 0.15) is 5.75 Å². The second kappa shape index (κ2) is 5.01. The Hall–Kier alpha value is -1.02. The van der Waals surface area contributed by atoms with Crippen molar-refractivity contribution in [3.05, 3.63) is 29.8 Å². The number of rotatable bonds is 4. The first-order chi connectivity index (χ1) is 6.65. The Morgan fingerprint density at radius 3 is 2.50 bits per heavy atom. The predicted molar refractivity (Wildman–Crippen MR) is 60.0 cm³/mol. The summed E-state index contributed by atoms with van der Waals surface area (Å²) < 4.78 is 5.33. The molecule has 1 rings (SSSR count). The summed E-state index contributed by atoms with van der Waals surface area (Å²) in [4.78, 5) is 2.19. The molecule has 2 nitrogen and oxygen atoms in total. The van der Waals surface area contributed by atoms with Crippen LogP contribution in [0.4, 0.5) is 0 Å². The van der Waals surface area contributed by atoms with Crippen LogP contribution in [0.3, 0.4) is 0 Å². The van der Waals surface area contributed by atoms with Gasteiger partial charge in [0.25, 0.3) is 0 Å². The van der Waals surface area contributed by atoms with Crippen LogP contribution in [-0.2, 0) is 0 Å². The lowest BCUT2D eigenvalue weighted by Crippen LogP contribution is -2.18. The van der Waals surface area contributed by atoms with E-state index in [1.807, 2.05) is 12.1 Å². The lowest BCUT2D eigenvalue weighted by molar-refractivity contribution is 0.368. The van der Waals surface area contributed by atoms with Crippen molar-refractivity contribution in [1.29, 1.82) is 0 Å². The van der Waals surface area contributed by atoms with Crippen molar-refractivity contribution in [1.82, 2.24) is 4.90 Å². The van der Waals surface area contributed by atoms with Gasteiger partial charge in [0.15, 0.2) is 0 Å². The van der Waals surface area contributed by atoms with E-state index in [1.54, 1.807) is 7.11 Å². The van der Waals surface area contributed by atoms with Crippen LogP contribution in [0.15, 0.2) is 24.3 Å². The molecule has 0 saturated carbocycles. The van der Waals surface area contributed by atoms with Crippen LogP contribution >= 0.6 is 0 Å². The minimum atomic E-state index is 0.501. The molecule has 1 atom stereocenters. The monoisotopic (exact) mass is 193 g/mol. The number of nitrogens with zero attached hydrogens (tertiary/aromatic N) is 1. The molecule has 0 amide bonds. The summed E-state index contributed by atoms with van der Waals surface area (Å²) in [6, 6.07) is 8.21. The van der Waals surface area contributed by atoms with E-state index in [4.69, 9.17) is 4.74 Å². The lowest BCUT2D eigenvalue weighted by atomic mass is 10.00. The molecular weight excluding hydrogens is 174 g/mol. The summed E-state index contributed by atoms with van der Waals surface area (Å²) in [7, 11) is 5.90. The molecule has 0 saturated heterocycles. The molecule has 0 aliphatic rings. The average Bonchev–Trinajstić information content (AvgIpc) is 2.16. The first-order valence-corrected chi connectivity index (χ1v) is 4.92. The number of methoxy groups -OCH3 is 1. The van der Waals surface area contributed by atoms with Gasteiger partial charge in [0.2, 0.25) is 0 Å². The number of hydrogen-bond acceptors (Lipinski definition) is 2. The molecule has 0 radical (unpaired) electrons. The van der Waals surface area contributed by atoms with Gasteiger partial charge in [0.05, 0.1) is 7.11 Å². The SMILES string of the molecule is COc1ccccc1C(C)CN(C)C. The minimum absolute atomic E-state index is 0.501. The van der Waals surface area contributed by atoms with E-state index in [-0.39, 0.29) is 0 Å². The highest BCUT2D eigenvalue weighted by Gasteiger charge is 2.10. The van der Waals surface area contributed by atoms with E-state index in [0.717, 1.165) is 12.3 Å². The molecule has 2 heteroatoms. The van der Waals surface area contributed by atoms with Gasteiger partial charge in [0, 0.05) is 6.54 Å². The highest BCUT2D eigenvalue weighted by molar-refractivity contribution is 5.35. The second-order valence-electron chi connectivity index (χ2n) is 3.91. The summed E-state index contributed by atoms with van der Waals surface area (Å²) in [6.45, 7) is 3.26. The van der Waals surface area contributed by atoms with Gasteiger partial charge in [-0.25, -0.2) is 0 Å². The largest absolute Gasteiger partial charge is 0.496 e. The quantitative estimate of drug-likeness (QED) is 0.728. The average molecular weight is 193 g/mol. The molecule has 0 bridgehead atoms. The van der Waals surface area contributed by atoms with Crippen molar-refractivity contribution < 1.29 is 4.74 Å². The fourth-order valence-electron chi connectivity index (χ4n) is 1.72. The normalized spacial score (nSPS) is 12.9. The molecule has 0 fully saturated rings. The third-order valence-electron chi connectivity index (χ3n) is 2.31. The Kier molecular flexibility index (Phi) is 3.96. The number of ether oxygens (including phenoxy) is 1. The Labute approximate surface area is 86.5 Å². The van der Waals surface area contributed by atoms with Gasteiger partial charge in [-0.3, -0.25) is 0 Å². The maximum Gasteiger partial charge on any atom is 0.122 e. The first kappa shape index (κ1) is 11.1. The number of benzene rings is 1. The van der Waals surface area contributed by atoms with E-state index in [2.05, 4.69) is 38.1 Å². The first-order valence-electron chi connectivity index (χ1n) is 4.92. The van der Waals surface area contributed by atoms with Crippen molar-refractivity contribution >= 4 is 0 Å². The fraction of sp³-hybridized carbons (Fsp3) is 0.500. The van der Waals surface area contributed by atoms with Gasteiger partial charge in [-0.05, 0) is 31.6 Å². The molecule has 0 N–H and O–H groups in total. The van der Waals surface area contributed by atoms with E-state index >= 15 is 0 Å². The fourth-order valence-corrected chi connectivity index (χ4v) is 1.72. The van der Waals surface area contributed by atoms with Crippen LogP contribution in [0.5, 0.6) is 5.75 Å². The maximum atomic E-state index is 5.33. The van der Waals surface area contributed by atoms with Crippen LogP contribution in [0, 0.1) is 0 Å². The molecule has 0 spiro atoms. The molecule has 1 aromatic carbocycles. The zero-order valence-corrected chi connectivity index (χ0v) is 9.45. The number of likely N-dealkylation sites (N-methyl/N-ethyl adjacent to an activating group) is 1. The van der Waals surface area contributed by atoms with E-state index < -0.39 is 0 Å². The second-order valence-corrected chi connectivity index (χ2v) is 3.91. The smallest absolute Gasteiger partial charge is 0.122 e. The van der Waals surface area contributed by atoms with Gasteiger partial charge < -0.3 is 9.64 Å². The van der Waals surface area contributed by atoms with Crippen LogP contribution in [-0.4, -0.2) is 32.6 Å². The van der Waals surface area contributed by atoms with Gasteiger partial charge in [-0.1, -0.05) is 25.1 Å². The van der Waals surface area contributed by atoms with Crippen LogP contribution in [0.25, 0.3) is 0 Å². The van der Waals surface area contributed by atoms with Gasteiger partial charge >= 0.3 is 0 Å². The summed E-state index contributed by atoms with van der Waals surface area (Å²) in [5.74, 6) is 1.49. The van der Waals surface area contributed by atoms with Crippen molar-refractivity contribution in [2.75, 3.05) is 27.7 Å². The highest BCUT2D eigenvalue weighted by Crippen LogP contribution is 2.26. The van der Waals surface area contributed by atoms with E-state index in [9.17, 15) is 0 Å². The predicted octanol–water partition coefficient (Wildman–Crippen LogP) is 2.36. The summed E-state index contributed by atoms with van der Waals surface area (Å²) in [5, 5.41) is 0. The minimum Gasteiger partial charge on any atom is -0.496 e. The molecular formula is C12H19NO. The van der Waals surface area contributed by atoms with Crippen molar-refractivity contribution in [2.24, 2.45) is 0 Å². The van der Waals surface area contributed by atoms with E-state index in [0.29, 0.717) is 5.92 Å². The standard InChI is InChI=1S/C12H19NO/c1-10(9-13(2)3)11-7-5-6-8-12(11)14-4/h5-8,10H,9H2,1-4H3. The molecule has 0 aliphatic carbocycles. The zero-order valence-electron chi connectivity index (χ0n) is 9.45. The summed E-state index contributed by atoms with van der Waals surface area (Å²) in [5.41, 5.74) is 1.28. The molecule has 0 aromatic heterocycles.